The van der Waals surface area contributed by atoms with E-state index < -0.39 is 11.7 Å². The molecular weight excluding hydrogens is 489 g/mol. The molecule has 5 rings (SSSR count). The summed E-state index contributed by atoms with van der Waals surface area (Å²) in [5.74, 6) is 2.28. The number of carbonyl (C=O) groups is 1. The van der Waals surface area contributed by atoms with Crippen LogP contribution >= 0.6 is 11.8 Å². The molecule has 188 valence electrons. The molecule has 2 aromatic heterocycles. The maximum absolute atomic E-state index is 13.0. The summed E-state index contributed by atoms with van der Waals surface area (Å²) in [6, 6.07) is 15.8. The zero-order valence-corrected chi connectivity index (χ0v) is 21.2. The third-order valence-electron chi connectivity index (χ3n) is 6.00. The number of anilines is 1. The van der Waals surface area contributed by atoms with Crippen molar-refractivity contribution < 1.29 is 9.18 Å². The van der Waals surface area contributed by atoms with Gasteiger partial charge in [-0.2, -0.15) is 16.9 Å². The molecule has 1 aliphatic heterocycles. The van der Waals surface area contributed by atoms with Crippen LogP contribution in [0.4, 0.5) is 10.2 Å². The minimum Gasteiger partial charge on any atom is -0.355 e. The number of nitrogens with one attached hydrogen (secondary N) is 1. The zero-order valence-electron chi connectivity index (χ0n) is 20.3. The van der Waals surface area contributed by atoms with E-state index in [4.69, 9.17) is 4.98 Å². The molecule has 3 heterocycles. The fraction of sp³-hybridized carbons (Fsp3) is 0.222. The van der Waals surface area contributed by atoms with E-state index in [0.29, 0.717) is 17.8 Å². The maximum atomic E-state index is 13.0. The first kappa shape index (κ1) is 24.6. The Morgan fingerprint density at radius 2 is 1.86 bits per heavy atom. The van der Waals surface area contributed by atoms with Gasteiger partial charge in [-0.3, -0.25) is 4.79 Å². The molecule has 1 aliphatic rings. The van der Waals surface area contributed by atoms with E-state index >= 15 is 0 Å². The van der Waals surface area contributed by atoms with E-state index in [9.17, 15) is 9.18 Å². The molecule has 0 radical (unpaired) electrons. The van der Waals surface area contributed by atoms with Crippen LogP contribution in [0.25, 0.3) is 11.1 Å². The lowest BCUT2D eigenvalue weighted by atomic mass is 10.0. The molecule has 0 aliphatic carbocycles. The maximum Gasteiger partial charge on any atom is 0.271 e. The lowest BCUT2D eigenvalue weighted by molar-refractivity contribution is 0.0955. The third kappa shape index (κ3) is 6.21. The van der Waals surface area contributed by atoms with Gasteiger partial charge in [0.2, 0.25) is 0 Å². The monoisotopic (exact) mass is 515 g/mol. The summed E-state index contributed by atoms with van der Waals surface area (Å²) in [5, 5.41) is 12.4. The molecule has 0 unspecified atom stereocenters. The van der Waals surface area contributed by atoms with Crippen LogP contribution in [0.1, 0.15) is 27.2 Å². The Balaban J connectivity index is 1.33. The highest BCUT2D eigenvalue weighted by molar-refractivity contribution is 7.99. The van der Waals surface area contributed by atoms with Crippen LogP contribution in [0.5, 0.6) is 0 Å². The van der Waals surface area contributed by atoms with E-state index in [0.717, 1.165) is 47.1 Å². The SMILES string of the molecule is Cc1ccc(-c2cnc(N3CCSCC3)c(Cn3cc(/C=N/NC(=O)c4ccc(F)cc4)nn3)c2)cc1. The summed E-state index contributed by atoms with van der Waals surface area (Å²) in [6.07, 6.45) is 5.13. The summed E-state index contributed by atoms with van der Waals surface area (Å²) in [6.45, 7) is 4.48. The van der Waals surface area contributed by atoms with Gasteiger partial charge in [0.1, 0.15) is 17.3 Å². The van der Waals surface area contributed by atoms with Gasteiger partial charge >= 0.3 is 0 Å². The van der Waals surface area contributed by atoms with Crippen LogP contribution in [0.3, 0.4) is 0 Å². The quantitative estimate of drug-likeness (QED) is 0.294. The first-order valence-corrected chi connectivity index (χ1v) is 13.1. The summed E-state index contributed by atoms with van der Waals surface area (Å²) < 4.78 is 14.8. The van der Waals surface area contributed by atoms with Crippen molar-refractivity contribution in [1.29, 1.82) is 0 Å². The Morgan fingerprint density at radius 3 is 2.62 bits per heavy atom. The van der Waals surface area contributed by atoms with Gasteiger partial charge in [-0.1, -0.05) is 35.0 Å². The molecule has 0 saturated carbocycles. The van der Waals surface area contributed by atoms with E-state index in [2.05, 4.69) is 63.0 Å². The predicted octanol–water partition coefficient (Wildman–Crippen LogP) is 4.15. The number of aryl methyl sites for hydroxylation is 1. The molecule has 37 heavy (non-hydrogen) atoms. The second kappa shape index (κ2) is 11.3. The highest BCUT2D eigenvalue weighted by Gasteiger charge is 2.18. The third-order valence-corrected chi connectivity index (χ3v) is 6.94. The van der Waals surface area contributed by atoms with Crippen LogP contribution < -0.4 is 10.3 Å². The molecule has 1 N–H and O–H groups in total. The lowest BCUT2D eigenvalue weighted by Gasteiger charge is -2.29. The Morgan fingerprint density at radius 1 is 1.11 bits per heavy atom. The molecule has 4 aromatic rings. The van der Waals surface area contributed by atoms with Crippen molar-refractivity contribution in [3.8, 4) is 11.1 Å². The second-order valence-corrected chi connectivity index (χ2v) is 9.94. The fourth-order valence-corrected chi connectivity index (χ4v) is 4.93. The van der Waals surface area contributed by atoms with Gasteiger partial charge in [0.25, 0.3) is 5.91 Å². The van der Waals surface area contributed by atoms with Crippen molar-refractivity contribution in [3.63, 3.8) is 0 Å². The number of nitrogens with zero attached hydrogens (tertiary/aromatic N) is 6. The Kier molecular flexibility index (Phi) is 7.55. The van der Waals surface area contributed by atoms with Gasteiger partial charge in [-0.25, -0.2) is 19.5 Å². The van der Waals surface area contributed by atoms with Crippen LogP contribution in [-0.4, -0.2) is 56.7 Å². The normalized spacial score (nSPS) is 13.7. The number of thioether (sulfide) groups is 1. The van der Waals surface area contributed by atoms with Crippen molar-refractivity contribution in [2.24, 2.45) is 5.10 Å². The lowest BCUT2D eigenvalue weighted by Crippen LogP contribution is -2.34. The molecule has 0 spiro atoms. The minimum atomic E-state index is -0.438. The Hall–Kier alpha value is -4.05. The zero-order chi connectivity index (χ0) is 25.6. The first-order chi connectivity index (χ1) is 18.0. The topological polar surface area (TPSA) is 88.3 Å². The average molecular weight is 516 g/mol. The number of pyridine rings is 1. The van der Waals surface area contributed by atoms with Gasteiger partial charge in [-0.15, -0.1) is 5.10 Å². The number of hydrogen-bond donors (Lipinski definition) is 1. The van der Waals surface area contributed by atoms with Crippen molar-refractivity contribution >= 4 is 29.7 Å². The van der Waals surface area contributed by atoms with Crippen LogP contribution in [0.15, 0.2) is 72.1 Å². The van der Waals surface area contributed by atoms with Crippen LogP contribution in [-0.2, 0) is 6.54 Å². The molecule has 0 atom stereocenters. The van der Waals surface area contributed by atoms with E-state index in [1.54, 1.807) is 10.9 Å². The van der Waals surface area contributed by atoms with Crippen molar-refractivity contribution in [2.75, 3.05) is 29.5 Å². The predicted molar refractivity (Wildman–Crippen MR) is 145 cm³/mol. The molecule has 8 nitrogen and oxygen atoms in total. The van der Waals surface area contributed by atoms with Crippen molar-refractivity contribution in [2.45, 2.75) is 13.5 Å². The fourth-order valence-electron chi connectivity index (χ4n) is 4.03. The molecule has 0 bridgehead atoms. The van der Waals surface area contributed by atoms with Gasteiger partial charge in [-0.05, 0) is 42.8 Å². The smallest absolute Gasteiger partial charge is 0.271 e. The number of hydrogen-bond acceptors (Lipinski definition) is 7. The molecule has 1 saturated heterocycles. The largest absolute Gasteiger partial charge is 0.355 e. The van der Waals surface area contributed by atoms with E-state index in [1.807, 2.05) is 18.0 Å². The standard InChI is InChI=1S/C27H26FN7OS/c1-19-2-4-20(5-3-19)22-14-23(26(29-15-22)34-10-12-37-13-11-34)17-35-18-25(31-33-35)16-30-32-27(36)21-6-8-24(28)9-7-21/h2-9,14-16,18H,10-13,17H2,1H3,(H,32,36)/b30-16+. The van der Waals surface area contributed by atoms with E-state index in [-0.39, 0.29) is 0 Å². The number of amides is 1. The first-order valence-electron chi connectivity index (χ1n) is 11.9. The van der Waals surface area contributed by atoms with Crippen LogP contribution in [0.2, 0.25) is 0 Å². The van der Waals surface area contributed by atoms with Gasteiger partial charge < -0.3 is 4.90 Å². The van der Waals surface area contributed by atoms with Gasteiger partial charge in [0.15, 0.2) is 0 Å². The number of rotatable bonds is 7. The number of carbonyl (C=O) groups excluding carboxylic acids is 1. The average Bonchev–Trinajstić information content (AvgIpc) is 3.37. The minimum absolute atomic E-state index is 0.312. The molecule has 1 amide bonds. The number of benzene rings is 2. The molecule has 10 heteroatoms. The molecule has 2 aromatic carbocycles. The summed E-state index contributed by atoms with van der Waals surface area (Å²) in [5.41, 5.74) is 7.67. The van der Waals surface area contributed by atoms with Crippen molar-refractivity contribution in [3.05, 3.63) is 95.2 Å². The van der Waals surface area contributed by atoms with Crippen molar-refractivity contribution in [1.82, 2.24) is 25.4 Å². The highest BCUT2D eigenvalue weighted by atomic mass is 32.2. The highest BCUT2D eigenvalue weighted by Crippen LogP contribution is 2.28. The molecular formula is C27H26FN7OS. The Labute approximate surface area is 218 Å². The summed E-state index contributed by atoms with van der Waals surface area (Å²) in [7, 11) is 0. The van der Waals surface area contributed by atoms with Gasteiger partial charge in [0, 0.05) is 47.5 Å². The van der Waals surface area contributed by atoms with E-state index in [1.165, 1.54) is 36.0 Å². The molecule has 1 fully saturated rings. The van der Waals surface area contributed by atoms with Gasteiger partial charge in [0.05, 0.1) is 19.0 Å². The van der Waals surface area contributed by atoms with Crippen LogP contribution in [0, 0.1) is 12.7 Å². The summed E-state index contributed by atoms with van der Waals surface area (Å²) >= 11 is 1.96. The summed E-state index contributed by atoms with van der Waals surface area (Å²) in [4.78, 5) is 19.3. The Bertz CT molecular complexity index is 1400. The second-order valence-electron chi connectivity index (χ2n) is 8.72. The number of aromatic nitrogens is 4. The number of hydrazone groups is 1. The number of halogens is 1.